The zero-order chi connectivity index (χ0) is 10.7. The van der Waals surface area contributed by atoms with E-state index in [1.807, 2.05) is 0 Å². The maximum absolute atomic E-state index is 13.5. The lowest BCUT2D eigenvalue weighted by Gasteiger charge is -2.20. The van der Waals surface area contributed by atoms with Gasteiger partial charge < -0.3 is 5.73 Å². The number of hydrogen-bond acceptors (Lipinski definition) is 3. The largest absolute Gasteiger partial charge is 0.397 e. The summed E-state index contributed by atoms with van der Waals surface area (Å²) in [5.74, 6) is -0.567. The predicted molar refractivity (Wildman–Crippen MR) is 55.9 cm³/mol. The van der Waals surface area contributed by atoms with E-state index >= 15 is 0 Å². The summed E-state index contributed by atoms with van der Waals surface area (Å²) in [6.45, 7) is 2.23. The smallest absolute Gasteiger partial charge is 0.169 e. The summed E-state index contributed by atoms with van der Waals surface area (Å²) in [4.78, 5) is 5.10. The lowest BCUT2D eigenvalue weighted by molar-refractivity contribution is 0.133. The van der Waals surface area contributed by atoms with Gasteiger partial charge in [0.05, 0.1) is 17.3 Å². The molecule has 3 nitrogen and oxygen atoms in total. The molecule has 0 spiro atoms. The summed E-state index contributed by atoms with van der Waals surface area (Å²) in [5.41, 5.74) is 6.06. The van der Waals surface area contributed by atoms with Crippen LogP contribution in [0.3, 0.4) is 0 Å². The Kier molecular flexibility index (Phi) is 3.55. The van der Waals surface area contributed by atoms with E-state index < -0.39 is 5.82 Å². The number of hydrogen-bond donors (Lipinski definition) is 1. The van der Waals surface area contributed by atoms with Crippen LogP contribution in [-0.2, 0) is 4.84 Å². The summed E-state index contributed by atoms with van der Waals surface area (Å²) in [6.07, 6.45) is 0. The van der Waals surface area contributed by atoms with Gasteiger partial charge in [-0.05, 0) is 19.1 Å². The van der Waals surface area contributed by atoms with Gasteiger partial charge in [-0.1, -0.05) is 11.6 Å². The van der Waals surface area contributed by atoms with Crippen molar-refractivity contribution in [3.63, 3.8) is 0 Å². The molecule has 0 atom stereocenters. The summed E-state index contributed by atoms with van der Waals surface area (Å²) < 4.78 is 13.5. The zero-order valence-electron chi connectivity index (χ0n) is 8.05. The van der Waals surface area contributed by atoms with Crippen molar-refractivity contribution in [2.24, 2.45) is 0 Å². The zero-order valence-corrected chi connectivity index (χ0v) is 8.81. The Morgan fingerprint density at radius 2 is 2.21 bits per heavy atom. The number of halogens is 2. The molecule has 0 heterocycles. The molecule has 5 heteroatoms. The van der Waals surface area contributed by atoms with Gasteiger partial charge in [0.15, 0.2) is 5.82 Å². The second-order valence-electron chi connectivity index (χ2n) is 2.71. The number of nitrogens with zero attached hydrogens (tertiary/aromatic N) is 1. The molecule has 2 N–H and O–H groups in total. The molecule has 1 rings (SSSR count). The first-order chi connectivity index (χ1) is 6.57. The van der Waals surface area contributed by atoms with Crippen LogP contribution >= 0.6 is 11.6 Å². The predicted octanol–water partition coefficient (Wildman–Crippen LogP) is 2.45. The second kappa shape index (κ2) is 4.48. The van der Waals surface area contributed by atoms with Crippen molar-refractivity contribution < 1.29 is 9.23 Å². The molecule has 1 aromatic rings. The SMILES string of the molecule is CCON(C)c1c(N)ccc(Cl)c1F. The van der Waals surface area contributed by atoms with Crippen LogP contribution in [-0.4, -0.2) is 13.7 Å². The van der Waals surface area contributed by atoms with E-state index in [4.69, 9.17) is 22.2 Å². The van der Waals surface area contributed by atoms with Gasteiger partial charge in [0.2, 0.25) is 0 Å². The van der Waals surface area contributed by atoms with Gasteiger partial charge in [-0.2, -0.15) is 0 Å². The minimum absolute atomic E-state index is 0.0285. The van der Waals surface area contributed by atoms with Crippen LogP contribution in [0.2, 0.25) is 5.02 Å². The standard InChI is InChI=1S/C9H12ClFN2O/c1-3-14-13(2)9-7(12)5-4-6(10)8(9)11/h4-5H,3,12H2,1-2H3. The van der Waals surface area contributed by atoms with Crippen LogP contribution in [0.15, 0.2) is 12.1 Å². The molecule has 0 aromatic heterocycles. The first kappa shape index (κ1) is 11.1. The maximum atomic E-state index is 13.5. The normalized spacial score (nSPS) is 10.3. The fourth-order valence-corrected chi connectivity index (χ4v) is 1.29. The number of nitrogens with two attached hydrogens (primary N) is 1. The maximum Gasteiger partial charge on any atom is 0.169 e. The van der Waals surface area contributed by atoms with Crippen molar-refractivity contribution >= 4 is 23.0 Å². The van der Waals surface area contributed by atoms with Crippen molar-refractivity contribution in [2.75, 3.05) is 24.5 Å². The van der Waals surface area contributed by atoms with Gasteiger partial charge >= 0.3 is 0 Å². The van der Waals surface area contributed by atoms with Crippen molar-refractivity contribution in [3.8, 4) is 0 Å². The van der Waals surface area contributed by atoms with E-state index in [0.29, 0.717) is 12.3 Å². The highest BCUT2D eigenvalue weighted by molar-refractivity contribution is 6.31. The topological polar surface area (TPSA) is 38.5 Å². The van der Waals surface area contributed by atoms with Gasteiger partial charge in [-0.3, -0.25) is 9.90 Å². The van der Waals surface area contributed by atoms with Crippen molar-refractivity contribution in [2.45, 2.75) is 6.92 Å². The van der Waals surface area contributed by atoms with Gasteiger partial charge in [0.1, 0.15) is 5.69 Å². The van der Waals surface area contributed by atoms with Crippen molar-refractivity contribution in [1.29, 1.82) is 0 Å². The molecule has 1 aromatic carbocycles. The van der Waals surface area contributed by atoms with Crippen LogP contribution in [0.4, 0.5) is 15.8 Å². The number of benzene rings is 1. The Morgan fingerprint density at radius 1 is 1.57 bits per heavy atom. The Bertz CT molecular complexity index is 333. The van der Waals surface area contributed by atoms with E-state index in [0.717, 1.165) is 0 Å². The minimum Gasteiger partial charge on any atom is -0.397 e. The average molecular weight is 219 g/mol. The number of hydroxylamine groups is 1. The fourth-order valence-electron chi connectivity index (χ4n) is 1.13. The van der Waals surface area contributed by atoms with E-state index in [2.05, 4.69) is 0 Å². The monoisotopic (exact) mass is 218 g/mol. The van der Waals surface area contributed by atoms with E-state index in [-0.39, 0.29) is 10.7 Å². The van der Waals surface area contributed by atoms with Crippen LogP contribution in [0.25, 0.3) is 0 Å². The molecular formula is C9H12ClFN2O. The van der Waals surface area contributed by atoms with Gasteiger partial charge in [-0.25, -0.2) is 4.39 Å². The molecule has 0 saturated carbocycles. The van der Waals surface area contributed by atoms with E-state index in [1.54, 1.807) is 14.0 Å². The highest BCUT2D eigenvalue weighted by Gasteiger charge is 2.14. The van der Waals surface area contributed by atoms with Crippen molar-refractivity contribution in [1.82, 2.24) is 0 Å². The third kappa shape index (κ3) is 2.08. The lowest BCUT2D eigenvalue weighted by Crippen LogP contribution is -2.20. The average Bonchev–Trinajstić information content (AvgIpc) is 2.13. The number of nitrogen functional groups attached to an aromatic ring is 1. The summed E-state index contributed by atoms with van der Waals surface area (Å²) in [6, 6.07) is 2.95. The highest BCUT2D eigenvalue weighted by Crippen LogP contribution is 2.30. The molecule has 0 aliphatic heterocycles. The fraction of sp³-hybridized carbons (Fsp3) is 0.333. The minimum atomic E-state index is -0.567. The molecular weight excluding hydrogens is 207 g/mol. The van der Waals surface area contributed by atoms with Gasteiger partial charge in [0.25, 0.3) is 0 Å². The Hall–Kier alpha value is -1.000. The Morgan fingerprint density at radius 3 is 2.79 bits per heavy atom. The Labute approximate surface area is 87.2 Å². The summed E-state index contributed by atoms with van der Waals surface area (Å²) >= 11 is 5.62. The first-order valence-electron chi connectivity index (χ1n) is 4.18. The van der Waals surface area contributed by atoms with Gasteiger partial charge in [-0.15, -0.1) is 0 Å². The second-order valence-corrected chi connectivity index (χ2v) is 3.12. The van der Waals surface area contributed by atoms with Crippen LogP contribution in [0.1, 0.15) is 6.92 Å². The molecule has 0 saturated heterocycles. The van der Waals surface area contributed by atoms with Crippen LogP contribution in [0, 0.1) is 5.82 Å². The first-order valence-corrected chi connectivity index (χ1v) is 4.55. The quantitative estimate of drug-likeness (QED) is 0.626. The van der Waals surface area contributed by atoms with Crippen molar-refractivity contribution in [3.05, 3.63) is 23.0 Å². The molecule has 0 amide bonds. The van der Waals surface area contributed by atoms with Crippen LogP contribution in [0.5, 0.6) is 0 Å². The molecule has 0 radical (unpaired) electrons. The highest BCUT2D eigenvalue weighted by atomic mass is 35.5. The van der Waals surface area contributed by atoms with E-state index in [1.165, 1.54) is 17.2 Å². The molecule has 0 unspecified atom stereocenters. The van der Waals surface area contributed by atoms with Gasteiger partial charge in [0, 0.05) is 7.05 Å². The summed E-state index contributed by atoms with van der Waals surface area (Å²) in [7, 11) is 1.58. The summed E-state index contributed by atoms with van der Waals surface area (Å²) in [5, 5.41) is 1.30. The number of rotatable bonds is 3. The molecule has 78 valence electrons. The third-order valence-electron chi connectivity index (χ3n) is 1.74. The Balaban J connectivity index is 3.11. The molecule has 0 aliphatic rings. The molecule has 0 bridgehead atoms. The molecule has 14 heavy (non-hydrogen) atoms. The van der Waals surface area contributed by atoms with Crippen LogP contribution < -0.4 is 10.8 Å². The molecule has 0 fully saturated rings. The molecule has 0 aliphatic carbocycles. The number of anilines is 2. The third-order valence-corrected chi connectivity index (χ3v) is 2.03. The lowest BCUT2D eigenvalue weighted by atomic mass is 10.2. The van der Waals surface area contributed by atoms with E-state index in [9.17, 15) is 4.39 Å².